The van der Waals surface area contributed by atoms with Crippen molar-refractivity contribution in [1.82, 2.24) is 4.42 Å². The molecule has 2 rings (SSSR count). The Morgan fingerprint density at radius 3 is 2.71 bits per heavy atom. The molecule has 0 spiro atoms. The second-order valence-electron chi connectivity index (χ2n) is 3.88. The van der Waals surface area contributed by atoms with E-state index in [2.05, 4.69) is 4.74 Å². The third kappa shape index (κ3) is 3.04. The van der Waals surface area contributed by atoms with Crippen LogP contribution in [0.4, 0.5) is 13.2 Å². The zero-order valence-corrected chi connectivity index (χ0v) is 9.63. The zero-order valence-electron chi connectivity index (χ0n) is 8.88. The Balaban J connectivity index is 2.24. The largest absolute Gasteiger partial charge is 0.435 e. The second kappa shape index (κ2) is 5.14. The topological polar surface area (TPSA) is 12.5 Å². The SMILES string of the molecule is Fc1cc(OC(F)F)cc([C@H]2CCCN2Cl)c1. The van der Waals surface area contributed by atoms with E-state index in [9.17, 15) is 13.2 Å². The second-order valence-corrected chi connectivity index (χ2v) is 4.31. The van der Waals surface area contributed by atoms with E-state index in [-0.39, 0.29) is 11.8 Å². The molecule has 0 unspecified atom stereocenters. The van der Waals surface area contributed by atoms with Crippen LogP contribution in [0.15, 0.2) is 18.2 Å². The van der Waals surface area contributed by atoms with E-state index in [0.29, 0.717) is 12.1 Å². The maximum atomic E-state index is 13.3. The van der Waals surface area contributed by atoms with Gasteiger partial charge in [-0.05, 0) is 42.3 Å². The summed E-state index contributed by atoms with van der Waals surface area (Å²) in [6, 6.07) is 3.49. The predicted molar refractivity (Wildman–Crippen MR) is 57.6 cm³/mol. The minimum atomic E-state index is -2.96. The molecule has 0 bridgehead atoms. The Bertz CT molecular complexity index is 402. The highest BCUT2D eigenvalue weighted by molar-refractivity contribution is 6.13. The number of benzene rings is 1. The van der Waals surface area contributed by atoms with Crippen LogP contribution in [0.5, 0.6) is 5.75 Å². The van der Waals surface area contributed by atoms with E-state index in [4.69, 9.17) is 11.8 Å². The summed E-state index contributed by atoms with van der Waals surface area (Å²) in [4.78, 5) is 0. The van der Waals surface area contributed by atoms with Gasteiger partial charge in [0.2, 0.25) is 0 Å². The van der Waals surface area contributed by atoms with E-state index in [1.165, 1.54) is 12.1 Å². The highest BCUT2D eigenvalue weighted by atomic mass is 35.5. The van der Waals surface area contributed by atoms with Crippen molar-refractivity contribution < 1.29 is 17.9 Å². The lowest BCUT2D eigenvalue weighted by Crippen LogP contribution is -2.12. The van der Waals surface area contributed by atoms with Crippen LogP contribution in [-0.2, 0) is 0 Å². The standard InChI is InChI=1S/C11H11ClF3NO/c12-16-3-1-2-10(16)7-4-8(13)6-9(5-7)17-11(14)15/h4-6,10-11H,1-3H2/t10-/m1/s1. The van der Waals surface area contributed by atoms with Gasteiger partial charge in [0.25, 0.3) is 0 Å². The van der Waals surface area contributed by atoms with E-state index in [1.54, 1.807) is 4.42 Å². The quantitative estimate of drug-likeness (QED) is 0.773. The van der Waals surface area contributed by atoms with Crippen molar-refractivity contribution in [2.75, 3.05) is 6.54 Å². The van der Waals surface area contributed by atoms with Crippen molar-refractivity contribution in [2.24, 2.45) is 0 Å². The van der Waals surface area contributed by atoms with Gasteiger partial charge in [-0.2, -0.15) is 8.78 Å². The molecule has 1 aromatic rings. The Hall–Kier alpha value is -0.940. The molecule has 0 radical (unpaired) electrons. The number of nitrogens with zero attached hydrogens (tertiary/aromatic N) is 1. The summed E-state index contributed by atoms with van der Waals surface area (Å²) in [5.74, 6) is -0.776. The van der Waals surface area contributed by atoms with E-state index >= 15 is 0 Å². The molecule has 0 aliphatic carbocycles. The Kier molecular flexibility index (Phi) is 3.79. The van der Waals surface area contributed by atoms with Crippen LogP contribution < -0.4 is 4.74 Å². The minimum absolute atomic E-state index is 0.146. The lowest BCUT2D eigenvalue weighted by molar-refractivity contribution is -0.0500. The molecule has 1 aliphatic rings. The molecule has 0 amide bonds. The van der Waals surface area contributed by atoms with Crippen LogP contribution in [0.3, 0.4) is 0 Å². The van der Waals surface area contributed by atoms with Crippen molar-refractivity contribution in [3.8, 4) is 5.75 Å². The van der Waals surface area contributed by atoms with E-state index < -0.39 is 12.4 Å². The molecule has 0 saturated carbocycles. The fourth-order valence-electron chi connectivity index (χ4n) is 2.01. The van der Waals surface area contributed by atoms with Crippen LogP contribution in [0, 0.1) is 5.82 Å². The molecule has 1 heterocycles. The van der Waals surface area contributed by atoms with E-state index in [0.717, 1.165) is 18.9 Å². The van der Waals surface area contributed by atoms with Crippen molar-refractivity contribution in [3.63, 3.8) is 0 Å². The van der Waals surface area contributed by atoms with Crippen LogP contribution in [-0.4, -0.2) is 17.6 Å². The van der Waals surface area contributed by atoms with Crippen molar-refractivity contribution in [1.29, 1.82) is 0 Å². The molecule has 6 heteroatoms. The highest BCUT2D eigenvalue weighted by Gasteiger charge is 2.25. The number of halogens is 4. The summed E-state index contributed by atoms with van der Waals surface area (Å²) in [5, 5.41) is 0. The minimum Gasteiger partial charge on any atom is -0.435 e. The average Bonchev–Trinajstić information content (AvgIpc) is 2.62. The van der Waals surface area contributed by atoms with Gasteiger partial charge < -0.3 is 4.74 Å². The lowest BCUT2D eigenvalue weighted by atomic mass is 10.1. The van der Waals surface area contributed by atoms with Crippen molar-refractivity contribution >= 4 is 11.8 Å². The zero-order chi connectivity index (χ0) is 12.4. The lowest BCUT2D eigenvalue weighted by Gasteiger charge is -2.18. The molecule has 2 nitrogen and oxygen atoms in total. The first-order valence-electron chi connectivity index (χ1n) is 5.24. The molecule has 0 aromatic heterocycles. The highest BCUT2D eigenvalue weighted by Crippen LogP contribution is 2.35. The monoisotopic (exact) mass is 265 g/mol. The van der Waals surface area contributed by atoms with E-state index in [1.807, 2.05) is 0 Å². The molecular weight excluding hydrogens is 255 g/mol. The molecule has 1 saturated heterocycles. The van der Waals surface area contributed by atoms with Crippen LogP contribution in [0.1, 0.15) is 24.4 Å². The van der Waals surface area contributed by atoms with Gasteiger partial charge in [0.05, 0.1) is 6.04 Å². The van der Waals surface area contributed by atoms with Gasteiger partial charge >= 0.3 is 6.61 Å². The number of hydrogen-bond acceptors (Lipinski definition) is 2. The summed E-state index contributed by atoms with van der Waals surface area (Å²) in [5.41, 5.74) is 0.563. The summed E-state index contributed by atoms with van der Waals surface area (Å²) in [6.45, 7) is -2.26. The first-order chi connectivity index (χ1) is 8.06. The predicted octanol–water partition coefficient (Wildman–Crippen LogP) is 3.72. The first-order valence-corrected chi connectivity index (χ1v) is 5.58. The van der Waals surface area contributed by atoms with Gasteiger partial charge in [0, 0.05) is 12.6 Å². The van der Waals surface area contributed by atoms with Crippen LogP contribution in [0.25, 0.3) is 0 Å². The smallest absolute Gasteiger partial charge is 0.387 e. The van der Waals surface area contributed by atoms with Gasteiger partial charge in [-0.15, -0.1) is 0 Å². The van der Waals surface area contributed by atoms with Crippen molar-refractivity contribution in [2.45, 2.75) is 25.5 Å². The fourth-order valence-corrected chi connectivity index (χ4v) is 2.34. The number of alkyl halides is 2. The van der Waals surface area contributed by atoms with Gasteiger partial charge in [-0.3, -0.25) is 0 Å². The third-order valence-electron chi connectivity index (χ3n) is 2.69. The molecule has 1 aromatic carbocycles. The Morgan fingerprint density at radius 2 is 2.12 bits per heavy atom. The summed E-state index contributed by atoms with van der Waals surface area (Å²) < 4.78 is 43.1. The molecule has 17 heavy (non-hydrogen) atoms. The molecule has 0 N–H and O–H groups in total. The summed E-state index contributed by atoms with van der Waals surface area (Å²) in [6.07, 6.45) is 1.68. The Labute approximate surface area is 102 Å². The molecule has 1 fully saturated rings. The number of ether oxygens (including phenoxy) is 1. The Morgan fingerprint density at radius 1 is 1.35 bits per heavy atom. The fraction of sp³-hybridized carbons (Fsp3) is 0.455. The molecule has 1 aliphatic heterocycles. The normalized spacial score (nSPS) is 21.1. The number of hydrogen-bond donors (Lipinski definition) is 0. The molecular formula is C11H11ClF3NO. The summed E-state index contributed by atoms with van der Waals surface area (Å²) >= 11 is 5.95. The molecule has 94 valence electrons. The maximum Gasteiger partial charge on any atom is 0.387 e. The van der Waals surface area contributed by atoms with Gasteiger partial charge in [0.1, 0.15) is 11.6 Å². The number of rotatable bonds is 3. The van der Waals surface area contributed by atoms with Crippen molar-refractivity contribution in [3.05, 3.63) is 29.6 Å². The van der Waals surface area contributed by atoms with Crippen LogP contribution in [0.2, 0.25) is 0 Å². The average molecular weight is 266 g/mol. The van der Waals surface area contributed by atoms with Crippen LogP contribution >= 0.6 is 11.8 Å². The first kappa shape index (κ1) is 12.5. The third-order valence-corrected chi connectivity index (χ3v) is 3.10. The summed E-state index contributed by atoms with van der Waals surface area (Å²) in [7, 11) is 0. The van der Waals surface area contributed by atoms with Gasteiger partial charge in [-0.1, -0.05) is 0 Å². The molecule has 1 atom stereocenters. The maximum absolute atomic E-state index is 13.3. The van der Waals surface area contributed by atoms with Gasteiger partial charge in [0.15, 0.2) is 0 Å². The van der Waals surface area contributed by atoms with Gasteiger partial charge in [-0.25, -0.2) is 8.81 Å².